The molecule has 3 aromatic carbocycles. The van der Waals surface area contributed by atoms with Crippen LogP contribution in [-0.4, -0.2) is 27.8 Å². The van der Waals surface area contributed by atoms with Crippen LogP contribution in [0.3, 0.4) is 0 Å². The first-order valence-electron chi connectivity index (χ1n) is 9.96. The Hall–Kier alpha value is -3.41. The Morgan fingerprint density at radius 1 is 1.00 bits per heavy atom. The molecule has 0 bridgehead atoms. The molecule has 2 N–H and O–H groups in total. The minimum Gasteiger partial charge on any atom is -0.479 e. The molecule has 6 nitrogen and oxygen atoms in total. The van der Waals surface area contributed by atoms with Crippen molar-refractivity contribution < 1.29 is 32.7 Å². The fourth-order valence-corrected chi connectivity index (χ4v) is 4.40. The van der Waals surface area contributed by atoms with Crippen LogP contribution in [0.15, 0.2) is 72.8 Å². The average molecular weight is 580 g/mol. The molecule has 0 saturated carbocycles. The van der Waals surface area contributed by atoms with Gasteiger partial charge in [-0.1, -0.05) is 42.5 Å². The Balaban J connectivity index is 1.97. The summed E-state index contributed by atoms with van der Waals surface area (Å²) in [5.74, 6) is -3.06. The number of nitrogens with one attached hydrogen (secondary N) is 1. The number of carbonyl (C=O) groups excluding carboxylic acids is 2. The maximum absolute atomic E-state index is 13.8. The Kier molecular flexibility index (Phi) is 6.34. The van der Waals surface area contributed by atoms with Gasteiger partial charge in [0, 0.05) is 3.57 Å². The van der Waals surface area contributed by atoms with Gasteiger partial charge in [-0.2, -0.15) is 13.2 Å². The zero-order valence-corrected chi connectivity index (χ0v) is 19.4. The molecule has 0 aliphatic carbocycles. The third kappa shape index (κ3) is 4.49. The van der Waals surface area contributed by atoms with E-state index < -0.39 is 41.6 Å². The lowest BCUT2D eigenvalue weighted by atomic mass is 9.96. The summed E-state index contributed by atoms with van der Waals surface area (Å²) in [6, 6.07) is 13.1. The molecule has 4 rings (SSSR count). The predicted molar refractivity (Wildman–Crippen MR) is 125 cm³/mol. The van der Waals surface area contributed by atoms with Gasteiger partial charge in [-0.15, -0.1) is 0 Å². The Morgan fingerprint density at radius 2 is 1.71 bits per heavy atom. The molecule has 1 aliphatic rings. The quantitative estimate of drug-likeness (QED) is 0.412. The van der Waals surface area contributed by atoms with Gasteiger partial charge in [-0.05, 0) is 64.0 Å². The molecule has 0 unspecified atom stereocenters. The molecular formula is C24H16F3IN2O4. The van der Waals surface area contributed by atoms with Crippen molar-refractivity contribution in [3.8, 4) is 0 Å². The predicted octanol–water partition coefficient (Wildman–Crippen LogP) is 5.27. The molecule has 0 fully saturated rings. The van der Waals surface area contributed by atoms with Crippen molar-refractivity contribution in [1.82, 2.24) is 4.90 Å². The zero-order valence-electron chi connectivity index (χ0n) is 17.2. The largest absolute Gasteiger partial charge is 0.479 e. The maximum atomic E-state index is 13.8. The number of nitrogens with zero attached hydrogens (tertiary/aromatic N) is 1. The second-order valence-corrected chi connectivity index (χ2v) is 8.81. The minimum atomic E-state index is -4.70. The van der Waals surface area contributed by atoms with Crippen LogP contribution in [0.2, 0.25) is 0 Å². The zero-order chi connectivity index (χ0) is 24.6. The number of aliphatic carboxylic acids is 1. The van der Waals surface area contributed by atoms with E-state index in [1.54, 1.807) is 24.3 Å². The fourth-order valence-electron chi connectivity index (χ4n) is 3.91. The molecule has 2 amide bonds. The number of carboxylic acids is 1. The van der Waals surface area contributed by atoms with Gasteiger partial charge in [0.15, 0.2) is 6.04 Å². The minimum absolute atomic E-state index is 0.0388. The number of fused-ring (bicyclic) bond motifs is 1. The van der Waals surface area contributed by atoms with E-state index in [0.717, 1.165) is 23.1 Å². The molecule has 2 atom stereocenters. The van der Waals surface area contributed by atoms with Crippen LogP contribution < -0.4 is 5.32 Å². The van der Waals surface area contributed by atoms with Gasteiger partial charge in [0.05, 0.1) is 16.8 Å². The number of amides is 2. The number of carbonyl (C=O) groups is 3. The number of benzene rings is 3. The molecule has 1 heterocycles. The van der Waals surface area contributed by atoms with Crippen LogP contribution in [0.25, 0.3) is 0 Å². The Bertz CT molecular complexity index is 1280. The molecule has 0 aromatic heterocycles. The molecule has 34 heavy (non-hydrogen) atoms. The monoisotopic (exact) mass is 580 g/mol. The van der Waals surface area contributed by atoms with Gasteiger partial charge in [0.25, 0.3) is 11.8 Å². The first kappa shape index (κ1) is 23.7. The van der Waals surface area contributed by atoms with Gasteiger partial charge in [-0.25, -0.2) is 4.79 Å². The molecule has 3 aromatic rings. The highest BCUT2D eigenvalue weighted by atomic mass is 127. The standard InChI is InChI=1S/C24H16F3IN2O4/c25-24(26,27)15-8-4-7-14(11-15)19-21(31)29-18-10-9-16(28)12-17(18)22(32)30(19)20(23(33)34)13-5-2-1-3-6-13/h1-12,19-20H,(H,29,31)(H,33,34)/t19-,20-/m0/s1. The van der Waals surface area contributed by atoms with Crippen LogP contribution in [0, 0.1) is 3.57 Å². The maximum Gasteiger partial charge on any atom is 0.416 e. The molecule has 174 valence electrons. The van der Waals surface area contributed by atoms with Crippen LogP contribution >= 0.6 is 22.6 Å². The summed E-state index contributed by atoms with van der Waals surface area (Å²) in [6.07, 6.45) is -4.70. The number of halogens is 4. The molecule has 1 aliphatic heterocycles. The average Bonchev–Trinajstić information content (AvgIpc) is 2.89. The van der Waals surface area contributed by atoms with E-state index in [1.165, 1.54) is 30.3 Å². The van der Waals surface area contributed by atoms with Crippen molar-refractivity contribution in [2.45, 2.75) is 18.3 Å². The number of alkyl halides is 3. The number of anilines is 1. The van der Waals surface area contributed by atoms with E-state index >= 15 is 0 Å². The number of carboxylic acid groups (broad SMARTS) is 1. The van der Waals surface area contributed by atoms with Crippen molar-refractivity contribution in [3.63, 3.8) is 0 Å². The van der Waals surface area contributed by atoms with Crippen LogP contribution in [0.1, 0.15) is 39.1 Å². The molecular weight excluding hydrogens is 564 g/mol. The van der Waals surface area contributed by atoms with Gasteiger partial charge < -0.3 is 15.3 Å². The SMILES string of the molecule is O=C(O)[C@H](c1ccccc1)N1C(=O)c2cc(I)ccc2NC(=O)[C@@H]1c1cccc(C(F)(F)F)c1. The third-order valence-electron chi connectivity index (χ3n) is 5.39. The summed E-state index contributed by atoms with van der Waals surface area (Å²) >= 11 is 1.97. The van der Waals surface area contributed by atoms with Gasteiger partial charge in [-0.3, -0.25) is 9.59 Å². The van der Waals surface area contributed by atoms with Gasteiger partial charge in [0.2, 0.25) is 0 Å². The van der Waals surface area contributed by atoms with Crippen LogP contribution in [0.4, 0.5) is 18.9 Å². The molecule has 0 saturated heterocycles. The second-order valence-electron chi connectivity index (χ2n) is 7.57. The summed E-state index contributed by atoms with van der Waals surface area (Å²) in [5, 5.41) is 12.7. The fraction of sp³-hybridized carbons (Fsp3) is 0.125. The van der Waals surface area contributed by atoms with E-state index in [4.69, 9.17) is 0 Å². The second kappa shape index (κ2) is 9.09. The first-order chi connectivity index (χ1) is 16.1. The summed E-state index contributed by atoms with van der Waals surface area (Å²) < 4.78 is 40.9. The van der Waals surface area contributed by atoms with E-state index in [0.29, 0.717) is 3.57 Å². The van der Waals surface area contributed by atoms with Crippen molar-refractivity contribution >= 4 is 46.1 Å². The Labute approximate surface area is 205 Å². The number of hydrogen-bond acceptors (Lipinski definition) is 3. The first-order valence-corrected chi connectivity index (χ1v) is 11.0. The van der Waals surface area contributed by atoms with Crippen molar-refractivity contribution in [1.29, 1.82) is 0 Å². The molecule has 10 heteroatoms. The van der Waals surface area contributed by atoms with Crippen molar-refractivity contribution in [3.05, 3.63) is 98.6 Å². The summed E-state index contributed by atoms with van der Waals surface area (Å²) in [7, 11) is 0. The lowest BCUT2D eigenvalue weighted by Gasteiger charge is -2.34. The summed E-state index contributed by atoms with van der Waals surface area (Å²) in [4.78, 5) is 40.4. The van der Waals surface area contributed by atoms with Crippen molar-refractivity contribution in [2.75, 3.05) is 5.32 Å². The third-order valence-corrected chi connectivity index (χ3v) is 6.06. The van der Waals surface area contributed by atoms with E-state index in [-0.39, 0.29) is 22.4 Å². The topological polar surface area (TPSA) is 86.7 Å². The highest BCUT2D eigenvalue weighted by Gasteiger charge is 2.44. The van der Waals surface area contributed by atoms with E-state index in [2.05, 4.69) is 5.32 Å². The highest BCUT2D eigenvalue weighted by molar-refractivity contribution is 14.1. The lowest BCUT2D eigenvalue weighted by molar-refractivity contribution is -0.144. The van der Waals surface area contributed by atoms with Gasteiger partial charge in [0.1, 0.15) is 6.04 Å². The summed E-state index contributed by atoms with van der Waals surface area (Å²) in [5.41, 5.74) is -0.801. The van der Waals surface area contributed by atoms with Crippen LogP contribution in [0.5, 0.6) is 0 Å². The molecule has 0 spiro atoms. The normalized spacial score (nSPS) is 16.9. The lowest BCUT2D eigenvalue weighted by Crippen LogP contribution is -2.44. The Morgan fingerprint density at radius 3 is 2.35 bits per heavy atom. The van der Waals surface area contributed by atoms with E-state index in [1.807, 2.05) is 22.6 Å². The number of rotatable bonds is 4. The smallest absolute Gasteiger partial charge is 0.416 e. The highest BCUT2D eigenvalue weighted by Crippen LogP contribution is 2.39. The van der Waals surface area contributed by atoms with Crippen LogP contribution in [-0.2, 0) is 15.8 Å². The van der Waals surface area contributed by atoms with E-state index in [9.17, 15) is 32.7 Å². The molecule has 0 radical (unpaired) electrons. The van der Waals surface area contributed by atoms with Crippen molar-refractivity contribution in [2.24, 2.45) is 0 Å². The number of hydrogen-bond donors (Lipinski definition) is 2. The summed E-state index contributed by atoms with van der Waals surface area (Å²) in [6.45, 7) is 0. The van der Waals surface area contributed by atoms with Gasteiger partial charge >= 0.3 is 12.1 Å².